The van der Waals surface area contributed by atoms with E-state index in [-0.39, 0.29) is 0 Å². The van der Waals surface area contributed by atoms with Crippen LogP contribution < -0.4 is 4.90 Å². The van der Waals surface area contributed by atoms with E-state index in [1.807, 2.05) is 18.3 Å². The Morgan fingerprint density at radius 2 is 0.981 bits per heavy atom. The highest BCUT2D eigenvalue weighted by atomic mass is 16.3. The van der Waals surface area contributed by atoms with Crippen LogP contribution in [0.4, 0.5) is 17.1 Å². The van der Waals surface area contributed by atoms with Gasteiger partial charge in [-0.2, -0.15) is 0 Å². The van der Waals surface area contributed by atoms with Crippen molar-refractivity contribution in [3.8, 4) is 33.4 Å². The molecule has 0 aliphatic rings. The molecule has 0 fully saturated rings. The van der Waals surface area contributed by atoms with Crippen molar-refractivity contribution in [2.24, 2.45) is 0 Å². The lowest BCUT2D eigenvalue weighted by molar-refractivity contribution is 0.672. The number of benzene rings is 8. The predicted octanol–water partition coefficient (Wildman–Crippen LogP) is 13.8. The van der Waals surface area contributed by atoms with E-state index in [0.29, 0.717) is 0 Å². The molecule has 0 spiro atoms. The maximum atomic E-state index is 6.46. The molecular weight excluding hydrogens is 633 g/mol. The lowest BCUT2D eigenvalue weighted by atomic mass is 9.93. The van der Waals surface area contributed by atoms with Gasteiger partial charge in [-0.25, -0.2) is 0 Å². The van der Waals surface area contributed by atoms with Crippen molar-refractivity contribution in [2.75, 3.05) is 4.90 Å². The van der Waals surface area contributed by atoms with E-state index >= 15 is 0 Å². The second-order valence-electron chi connectivity index (χ2n) is 13.2. The average molecular weight is 665 g/mol. The number of nitrogens with zero attached hydrogens (tertiary/aromatic N) is 2. The monoisotopic (exact) mass is 664 g/mol. The summed E-state index contributed by atoms with van der Waals surface area (Å²) in [4.78, 5) is 7.26. The van der Waals surface area contributed by atoms with Gasteiger partial charge >= 0.3 is 0 Å². The zero-order valence-corrected chi connectivity index (χ0v) is 28.3. The molecular formula is C49H32N2O. The Labute approximate surface area is 301 Å². The molecule has 10 aromatic rings. The van der Waals surface area contributed by atoms with Crippen molar-refractivity contribution in [1.82, 2.24) is 4.98 Å². The first kappa shape index (κ1) is 29.9. The molecule has 0 bridgehead atoms. The molecule has 52 heavy (non-hydrogen) atoms. The van der Waals surface area contributed by atoms with Gasteiger partial charge in [0.15, 0.2) is 0 Å². The number of hydrogen-bond acceptors (Lipinski definition) is 3. The highest BCUT2D eigenvalue weighted by molar-refractivity contribution is 6.15. The van der Waals surface area contributed by atoms with Crippen LogP contribution in [0.5, 0.6) is 0 Å². The minimum absolute atomic E-state index is 0.855. The van der Waals surface area contributed by atoms with Gasteiger partial charge in [-0.3, -0.25) is 4.98 Å². The molecule has 2 heterocycles. The van der Waals surface area contributed by atoms with Crippen LogP contribution in [0.2, 0.25) is 0 Å². The summed E-state index contributed by atoms with van der Waals surface area (Å²) in [5.74, 6) is 0. The van der Waals surface area contributed by atoms with Crippen molar-refractivity contribution in [1.29, 1.82) is 0 Å². The fraction of sp³-hybridized carbons (Fsp3) is 0. The molecule has 0 atom stereocenters. The summed E-state index contributed by atoms with van der Waals surface area (Å²) in [6, 6.07) is 66.7. The van der Waals surface area contributed by atoms with Crippen LogP contribution >= 0.6 is 0 Å². The van der Waals surface area contributed by atoms with Crippen LogP contribution in [0.15, 0.2) is 199 Å². The maximum absolute atomic E-state index is 6.46. The lowest BCUT2D eigenvalue weighted by Crippen LogP contribution is -2.10. The van der Waals surface area contributed by atoms with E-state index in [4.69, 9.17) is 9.40 Å². The van der Waals surface area contributed by atoms with Gasteiger partial charge in [0.25, 0.3) is 0 Å². The van der Waals surface area contributed by atoms with E-state index < -0.39 is 0 Å². The maximum Gasteiger partial charge on any atom is 0.144 e. The largest absolute Gasteiger partial charge is 0.455 e. The molecule has 0 N–H and O–H groups in total. The van der Waals surface area contributed by atoms with E-state index in [1.165, 1.54) is 38.6 Å². The second-order valence-corrected chi connectivity index (χ2v) is 13.2. The second kappa shape index (κ2) is 12.4. The van der Waals surface area contributed by atoms with Crippen LogP contribution in [0.25, 0.3) is 77.0 Å². The molecule has 0 unspecified atom stereocenters. The molecule has 244 valence electrons. The van der Waals surface area contributed by atoms with E-state index in [9.17, 15) is 0 Å². The van der Waals surface area contributed by atoms with Gasteiger partial charge in [0.1, 0.15) is 11.2 Å². The highest BCUT2D eigenvalue weighted by Crippen LogP contribution is 2.41. The summed E-state index contributed by atoms with van der Waals surface area (Å²) in [5, 5.41) is 5.64. The number of anilines is 3. The fourth-order valence-corrected chi connectivity index (χ4v) is 7.51. The number of pyridine rings is 1. The Bertz CT molecular complexity index is 2880. The number of hydrogen-bond donors (Lipinski definition) is 0. The SMILES string of the molecule is c1ccc(-c2ccc(N(c3ccc(-c4cc(-c5ccccc5)cc5ccccc45)cc3)c3cnc4ccc5c6ccccc6oc5c4c3)cc2)cc1. The van der Waals surface area contributed by atoms with Crippen LogP contribution in [-0.2, 0) is 0 Å². The molecule has 10 rings (SSSR count). The Morgan fingerprint density at radius 1 is 0.385 bits per heavy atom. The predicted molar refractivity (Wildman–Crippen MR) is 218 cm³/mol. The number of aromatic nitrogens is 1. The van der Waals surface area contributed by atoms with Crippen LogP contribution in [-0.4, -0.2) is 4.98 Å². The minimum Gasteiger partial charge on any atom is -0.455 e. The molecule has 0 amide bonds. The molecule has 0 aliphatic heterocycles. The number of furan rings is 1. The molecule has 3 heteroatoms. The van der Waals surface area contributed by atoms with Gasteiger partial charge in [0.05, 0.1) is 17.4 Å². The molecule has 0 saturated heterocycles. The molecule has 0 aliphatic carbocycles. The summed E-state index contributed by atoms with van der Waals surface area (Å²) in [6.45, 7) is 0. The fourth-order valence-electron chi connectivity index (χ4n) is 7.51. The summed E-state index contributed by atoms with van der Waals surface area (Å²) in [5.41, 5.74) is 12.8. The lowest BCUT2D eigenvalue weighted by Gasteiger charge is -2.26. The van der Waals surface area contributed by atoms with E-state index in [2.05, 4.69) is 181 Å². The van der Waals surface area contributed by atoms with E-state index in [1.54, 1.807) is 0 Å². The van der Waals surface area contributed by atoms with E-state index in [0.717, 1.165) is 55.5 Å². The zero-order valence-electron chi connectivity index (χ0n) is 28.3. The van der Waals surface area contributed by atoms with Crippen molar-refractivity contribution >= 4 is 60.7 Å². The smallest absolute Gasteiger partial charge is 0.144 e. The Balaban J connectivity index is 1.12. The van der Waals surface area contributed by atoms with Crippen LogP contribution in [0.1, 0.15) is 0 Å². The van der Waals surface area contributed by atoms with Gasteiger partial charge < -0.3 is 9.32 Å². The summed E-state index contributed by atoms with van der Waals surface area (Å²) >= 11 is 0. The zero-order chi connectivity index (χ0) is 34.4. The van der Waals surface area contributed by atoms with Gasteiger partial charge in [-0.15, -0.1) is 0 Å². The van der Waals surface area contributed by atoms with Crippen molar-refractivity contribution in [3.63, 3.8) is 0 Å². The standard InChI is InChI=1S/C49H32N2O/c1-3-11-33(12-4-1)35-19-23-39(24-20-35)51(41-31-46-47(50-32-41)28-27-44-43-17-9-10-18-48(43)52-49(44)46)40-25-21-36(22-26-40)45-30-38(34-13-5-2-6-14-34)29-37-15-7-8-16-42(37)45/h1-32H. The van der Waals surface area contributed by atoms with Crippen molar-refractivity contribution < 1.29 is 4.42 Å². The van der Waals surface area contributed by atoms with Gasteiger partial charge in [0.2, 0.25) is 0 Å². The minimum atomic E-state index is 0.855. The first-order valence-electron chi connectivity index (χ1n) is 17.6. The normalized spacial score (nSPS) is 11.5. The van der Waals surface area contributed by atoms with Gasteiger partial charge in [-0.1, -0.05) is 127 Å². The van der Waals surface area contributed by atoms with Crippen LogP contribution in [0, 0.1) is 0 Å². The van der Waals surface area contributed by atoms with Crippen molar-refractivity contribution in [3.05, 3.63) is 194 Å². The molecule has 0 radical (unpaired) electrons. The van der Waals surface area contributed by atoms with Gasteiger partial charge in [0, 0.05) is 27.5 Å². The first-order chi connectivity index (χ1) is 25.8. The molecule has 3 nitrogen and oxygen atoms in total. The van der Waals surface area contributed by atoms with Crippen molar-refractivity contribution in [2.45, 2.75) is 0 Å². The third-order valence-electron chi connectivity index (χ3n) is 10.1. The Morgan fingerprint density at radius 3 is 1.71 bits per heavy atom. The summed E-state index contributed by atoms with van der Waals surface area (Å²) < 4.78 is 6.46. The highest BCUT2D eigenvalue weighted by Gasteiger charge is 2.18. The molecule has 2 aromatic heterocycles. The van der Waals surface area contributed by atoms with Crippen LogP contribution in [0.3, 0.4) is 0 Å². The average Bonchev–Trinajstić information content (AvgIpc) is 3.61. The summed E-state index contributed by atoms with van der Waals surface area (Å²) in [7, 11) is 0. The number of para-hydroxylation sites is 1. The third-order valence-corrected chi connectivity index (χ3v) is 10.1. The topological polar surface area (TPSA) is 29.3 Å². The molecule has 8 aromatic carbocycles. The summed E-state index contributed by atoms with van der Waals surface area (Å²) in [6.07, 6.45) is 1.96. The number of rotatable bonds is 6. The number of fused-ring (bicyclic) bond motifs is 6. The Hall–Kier alpha value is -6.97. The third kappa shape index (κ3) is 5.19. The van der Waals surface area contributed by atoms with Gasteiger partial charge in [-0.05, 0) is 105 Å². The quantitative estimate of drug-likeness (QED) is 0.177. The molecule has 0 saturated carbocycles. The Kier molecular flexibility index (Phi) is 7.14. The first-order valence-corrected chi connectivity index (χ1v) is 17.6.